The van der Waals surface area contributed by atoms with Gasteiger partial charge in [-0.3, -0.25) is 4.55 Å². The van der Waals surface area contributed by atoms with E-state index >= 15 is 0 Å². The van der Waals surface area contributed by atoms with E-state index in [1.165, 1.54) is 12.1 Å². The molecule has 0 saturated heterocycles. The number of hydrogen-bond acceptors (Lipinski definition) is 5. The summed E-state index contributed by atoms with van der Waals surface area (Å²) in [5.41, 5.74) is 0. The summed E-state index contributed by atoms with van der Waals surface area (Å²) >= 11 is 0. The first-order chi connectivity index (χ1) is 6.93. The zero-order valence-corrected chi connectivity index (χ0v) is 11.4. The Morgan fingerprint density at radius 3 is 2.19 bits per heavy atom. The first-order valence-corrected chi connectivity index (χ1v) is 5.40. The number of ether oxygens (including phenoxy) is 1. The second-order valence-electron chi connectivity index (χ2n) is 2.70. The standard InChI is InChI=1S/C8H10O6S.Na.H/c9-5-8(10)14-6-1-3-7(4-2-6)15(11,12)13;;/h1-4,8-10H,5H2,(H,11,12,13);;/q;+1;-1. The molecular formula is C8H11NaO6S. The molecule has 3 N–H and O–H groups in total. The predicted octanol–water partition coefficient (Wildman–Crippen LogP) is -3.26. The van der Waals surface area contributed by atoms with Crippen molar-refractivity contribution in [3.8, 4) is 5.75 Å². The minimum atomic E-state index is -4.22. The summed E-state index contributed by atoms with van der Waals surface area (Å²) in [6, 6.07) is 4.74. The average molecular weight is 258 g/mol. The zero-order chi connectivity index (χ0) is 11.5. The van der Waals surface area contributed by atoms with Crippen LogP contribution in [-0.2, 0) is 10.1 Å². The first-order valence-electron chi connectivity index (χ1n) is 3.96. The molecule has 0 radical (unpaired) electrons. The second kappa shape index (κ2) is 6.55. The van der Waals surface area contributed by atoms with Crippen molar-refractivity contribution in [2.75, 3.05) is 6.61 Å². The Labute approximate surface area is 116 Å². The van der Waals surface area contributed by atoms with Gasteiger partial charge in [-0.2, -0.15) is 8.42 Å². The van der Waals surface area contributed by atoms with Crippen molar-refractivity contribution in [1.82, 2.24) is 0 Å². The fourth-order valence-electron chi connectivity index (χ4n) is 0.885. The van der Waals surface area contributed by atoms with Crippen molar-refractivity contribution in [3.63, 3.8) is 0 Å². The van der Waals surface area contributed by atoms with E-state index in [9.17, 15) is 8.42 Å². The molecule has 86 valence electrons. The molecule has 0 saturated carbocycles. The molecule has 0 aromatic heterocycles. The molecule has 1 atom stereocenters. The number of rotatable bonds is 4. The number of benzene rings is 1. The van der Waals surface area contributed by atoms with Gasteiger partial charge in [-0.15, -0.1) is 0 Å². The van der Waals surface area contributed by atoms with Crippen LogP contribution < -0.4 is 34.3 Å². The van der Waals surface area contributed by atoms with Crippen molar-refractivity contribution < 1.29 is 58.9 Å². The van der Waals surface area contributed by atoms with Crippen LogP contribution in [0.2, 0.25) is 0 Å². The van der Waals surface area contributed by atoms with E-state index in [0.717, 1.165) is 12.1 Å². The molecule has 6 nitrogen and oxygen atoms in total. The Morgan fingerprint density at radius 2 is 1.81 bits per heavy atom. The van der Waals surface area contributed by atoms with Gasteiger partial charge in [-0.1, -0.05) is 0 Å². The minimum Gasteiger partial charge on any atom is -1.00 e. The molecule has 0 spiro atoms. The van der Waals surface area contributed by atoms with Crippen LogP contribution in [0.4, 0.5) is 0 Å². The Kier molecular flexibility index (Phi) is 6.49. The van der Waals surface area contributed by atoms with Crippen molar-refractivity contribution >= 4 is 10.1 Å². The largest absolute Gasteiger partial charge is 1.00 e. The van der Waals surface area contributed by atoms with E-state index in [1.54, 1.807) is 0 Å². The van der Waals surface area contributed by atoms with Crippen LogP contribution in [0.1, 0.15) is 1.43 Å². The normalized spacial score (nSPS) is 12.7. The van der Waals surface area contributed by atoms with Gasteiger partial charge < -0.3 is 16.4 Å². The quantitative estimate of drug-likeness (QED) is 0.297. The van der Waals surface area contributed by atoms with E-state index in [-0.39, 0.29) is 41.6 Å². The van der Waals surface area contributed by atoms with Crippen molar-refractivity contribution in [2.24, 2.45) is 0 Å². The molecule has 0 aliphatic rings. The van der Waals surface area contributed by atoms with E-state index in [2.05, 4.69) is 0 Å². The van der Waals surface area contributed by atoms with Gasteiger partial charge in [0.1, 0.15) is 12.4 Å². The molecular weight excluding hydrogens is 247 g/mol. The molecule has 0 amide bonds. The van der Waals surface area contributed by atoms with E-state index in [1.807, 2.05) is 0 Å². The molecule has 8 heteroatoms. The predicted molar refractivity (Wildman–Crippen MR) is 51.1 cm³/mol. The zero-order valence-electron chi connectivity index (χ0n) is 9.57. The van der Waals surface area contributed by atoms with Crippen molar-refractivity contribution in [2.45, 2.75) is 11.2 Å². The van der Waals surface area contributed by atoms with Gasteiger partial charge in [0.15, 0.2) is 0 Å². The molecule has 0 heterocycles. The topological polar surface area (TPSA) is 104 Å². The Balaban J connectivity index is 0. The van der Waals surface area contributed by atoms with Crippen LogP contribution in [0.3, 0.4) is 0 Å². The van der Waals surface area contributed by atoms with Gasteiger partial charge in [0.05, 0.1) is 4.90 Å². The smallest absolute Gasteiger partial charge is 1.00 e. The Hall–Kier alpha value is -0.150. The summed E-state index contributed by atoms with van der Waals surface area (Å²) in [6.45, 7) is -0.569. The SMILES string of the molecule is O=S(=O)(O)c1ccc(OC(O)CO)cc1.[H-].[Na+]. The second-order valence-corrected chi connectivity index (χ2v) is 4.12. The average Bonchev–Trinajstić information content (AvgIpc) is 2.17. The fraction of sp³-hybridized carbons (Fsp3) is 0.250. The fourth-order valence-corrected chi connectivity index (χ4v) is 1.36. The maximum absolute atomic E-state index is 10.6. The number of hydrogen-bond donors (Lipinski definition) is 3. The van der Waals surface area contributed by atoms with E-state index < -0.39 is 23.0 Å². The third-order valence-corrected chi connectivity index (χ3v) is 2.42. The number of aliphatic hydroxyl groups excluding tert-OH is 2. The van der Waals surface area contributed by atoms with Crippen LogP contribution in [-0.4, -0.2) is 36.1 Å². The monoisotopic (exact) mass is 258 g/mol. The summed E-state index contributed by atoms with van der Waals surface area (Å²) in [5.74, 6) is 0.184. The van der Waals surface area contributed by atoms with E-state index in [0.29, 0.717) is 0 Å². The van der Waals surface area contributed by atoms with Crippen LogP contribution in [0.25, 0.3) is 0 Å². The molecule has 1 unspecified atom stereocenters. The van der Waals surface area contributed by atoms with Gasteiger partial charge in [0.25, 0.3) is 10.1 Å². The maximum Gasteiger partial charge on any atom is 1.00 e. The van der Waals surface area contributed by atoms with Gasteiger partial charge in [-0.05, 0) is 24.3 Å². The molecule has 1 aromatic carbocycles. The van der Waals surface area contributed by atoms with Crippen molar-refractivity contribution in [1.29, 1.82) is 0 Å². The summed E-state index contributed by atoms with van der Waals surface area (Å²) in [5, 5.41) is 17.4. The van der Waals surface area contributed by atoms with Crippen LogP contribution >= 0.6 is 0 Å². The van der Waals surface area contributed by atoms with E-state index in [4.69, 9.17) is 19.5 Å². The molecule has 1 rings (SSSR count). The number of aliphatic hydroxyl groups is 2. The molecule has 1 aromatic rings. The minimum absolute atomic E-state index is 0. The Bertz CT molecular complexity index is 420. The maximum atomic E-state index is 10.6. The van der Waals surface area contributed by atoms with Crippen LogP contribution in [0.15, 0.2) is 29.2 Å². The van der Waals surface area contributed by atoms with Gasteiger partial charge in [-0.25, -0.2) is 0 Å². The summed E-state index contributed by atoms with van der Waals surface area (Å²) in [6.07, 6.45) is -1.36. The molecule has 16 heavy (non-hydrogen) atoms. The van der Waals surface area contributed by atoms with Crippen LogP contribution in [0, 0.1) is 0 Å². The van der Waals surface area contributed by atoms with Crippen molar-refractivity contribution in [3.05, 3.63) is 24.3 Å². The molecule has 0 fully saturated rings. The third-order valence-electron chi connectivity index (χ3n) is 1.55. The first kappa shape index (κ1) is 15.9. The third kappa shape index (κ3) is 4.79. The van der Waals surface area contributed by atoms with Crippen LogP contribution in [0.5, 0.6) is 5.75 Å². The van der Waals surface area contributed by atoms with Gasteiger partial charge in [0.2, 0.25) is 6.29 Å². The summed E-state index contributed by atoms with van der Waals surface area (Å²) in [4.78, 5) is -0.270. The molecule has 0 aliphatic heterocycles. The Morgan fingerprint density at radius 1 is 1.31 bits per heavy atom. The summed E-state index contributed by atoms with van der Waals surface area (Å²) < 4.78 is 34.7. The van der Waals surface area contributed by atoms with Gasteiger partial charge in [0, 0.05) is 0 Å². The van der Waals surface area contributed by atoms with Gasteiger partial charge >= 0.3 is 29.6 Å². The summed E-state index contributed by atoms with van der Waals surface area (Å²) in [7, 11) is -4.22. The molecule has 0 aliphatic carbocycles. The molecule has 0 bridgehead atoms.